The molecule has 39 heavy (non-hydrogen) atoms. The monoisotopic (exact) mass is 553 g/mol. The molecular weight excluding hydrogens is 525 g/mol. The Labute approximate surface area is 239 Å². The molecule has 5 aromatic rings. The zero-order valence-corrected chi connectivity index (χ0v) is 23.4. The molecule has 1 N–H and O–H groups in total. The summed E-state index contributed by atoms with van der Waals surface area (Å²) < 4.78 is 1.63. The second-order valence-electron chi connectivity index (χ2n) is 9.64. The Morgan fingerprint density at radius 3 is 2.08 bits per heavy atom. The first kappa shape index (κ1) is 26.7. The van der Waals surface area contributed by atoms with Gasteiger partial charge in [-0.15, -0.1) is 0 Å². The molecule has 0 atom stereocenters. The number of aryl methyl sites for hydroxylation is 2. The largest absolute Gasteiger partial charge is 0.351 e. The Morgan fingerprint density at radius 1 is 0.795 bits per heavy atom. The highest BCUT2D eigenvalue weighted by molar-refractivity contribution is 6.42. The molecule has 6 heteroatoms. The van der Waals surface area contributed by atoms with E-state index in [1.54, 1.807) is 16.8 Å². The second kappa shape index (κ2) is 11.9. The Hall–Kier alpha value is -3.86. The van der Waals surface area contributed by atoms with Crippen molar-refractivity contribution in [2.24, 2.45) is 0 Å². The minimum Gasteiger partial charge on any atom is -0.351 e. The van der Waals surface area contributed by atoms with E-state index in [1.807, 2.05) is 54.6 Å². The lowest BCUT2D eigenvalue weighted by atomic mass is 9.88. The van der Waals surface area contributed by atoms with Crippen molar-refractivity contribution in [2.45, 2.75) is 26.2 Å². The highest BCUT2D eigenvalue weighted by Gasteiger charge is 2.20. The van der Waals surface area contributed by atoms with E-state index in [-0.39, 0.29) is 11.8 Å². The average molecular weight is 555 g/mol. The zero-order valence-electron chi connectivity index (χ0n) is 21.9. The number of carbonyl (C=O) groups is 1. The molecule has 0 aliphatic carbocycles. The highest BCUT2D eigenvalue weighted by atomic mass is 35.5. The number of nitrogens with one attached hydrogen (secondary N) is 1. The van der Waals surface area contributed by atoms with Crippen LogP contribution in [0, 0.1) is 13.8 Å². The summed E-state index contributed by atoms with van der Waals surface area (Å²) in [7, 11) is 0. The Balaban J connectivity index is 1.43. The van der Waals surface area contributed by atoms with Crippen LogP contribution >= 0.6 is 23.2 Å². The second-order valence-corrected chi connectivity index (χ2v) is 10.5. The van der Waals surface area contributed by atoms with Crippen molar-refractivity contribution >= 4 is 29.1 Å². The smallest absolute Gasteiger partial charge is 0.270 e. The van der Waals surface area contributed by atoms with Crippen molar-refractivity contribution in [3.05, 3.63) is 141 Å². The molecule has 0 spiro atoms. The molecule has 0 saturated carbocycles. The van der Waals surface area contributed by atoms with Crippen molar-refractivity contribution in [3.8, 4) is 16.9 Å². The molecule has 0 fully saturated rings. The average Bonchev–Trinajstić information content (AvgIpc) is 3.41. The fourth-order valence-corrected chi connectivity index (χ4v) is 5.01. The van der Waals surface area contributed by atoms with Crippen LogP contribution in [0.4, 0.5) is 0 Å². The van der Waals surface area contributed by atoms with Crippen molar-refractivity contribution in [1.82, 2.24) is 15.1 Å². The molecule has 1 heterocycles. The van der Waals surface area contributed by atoms with Gasteiger partial charge in [-0.2, -0.15) is 5.10 Å². The van der Waals surface area contributed by atoms with E-state index in [9.17, 15) is 4.79 Å². The lowest BCUT2D eigenvalue weighted by Gasteiger charge is -2.18. The Morgan fingerprint density at radius 2 is 1.46 bits per heavy atom. The third kappa shape index (κ3) is 6.08. The van der Waals surface area contributed by atoms with Crippen molar-refractivity contribution in [2.75, 3.05) is 6.54 Å². The summed E-state index contributed by atoms with van der Waals surface area (Å²) in [4.78, 5) is 13.6. The third-order valence-corrected chi connectivity index (χ3v) is 7.75. The van der Waals surface area contributed by atoms with Gasteiger partial charge in [0, 0.05) is 18.0 Å². The summed E-state index contributed by atoms with van der Waals surface area (Å²) in [6, 6.07) is 34.0. The summed E-state index contributed by atoms with van der Waals surface area (Å²) in [6.45, 7) is 4.64. The minimum atomic E-state index is -0.205. The maximum Gasteiger partial charge on any atom is 0.270 e. The first-order valence-electron chi connectivity index (χ1n) is 12.9. The van der Waals surface area contributed by atoms with Gasteiger partial charge in [0.2, 0.25) is 0 Å². The first-order chi connectivity index (χ1) is 18.9. The molecule has 0 unspecified atom stereocenters. The molecule has 5 rings (SSSR count). The number of amides is 1. The number of hydrogen-bond donors (Lipinski definition) is 1. The van der Waals surface area contributed by atoms with Gasteiger partial charge in [0.05, 0.1) is 21.4 Å². The molecule has 0 radical (unpaired) electrons. The van der Waals surface area contributed by atoms with Gasteiger partial charge in [-0.05, 0) is 72.9 Å². The van der Waals surface area contributed by atoms with E-state index < -0.39 is 0 Å². The lowest BCUT2D eigenvalue weighted by Crippen LogP contribution is -2.28. The summed E-state index contributed by atoms with van der Waals surface area (Å²) >= 11 is 12.5. The predicted octanol–water partition coefficient (Wildman–Crippen LogP) is 8.41. The van der Waals surface area contributed by atoms with Gasteiger partial charge in [0.1, 0.15) is 5.69 Å². The van der Waals surface area contributed by atoms with E-state index in [0.717, 1.165) is 17.5 Å². The standard InChI is InChI=1S/C33H29Cl2N3O/c1-22-13-14-26(19-23(22)2)31-21-32(38(37-31)27-15-16-29(34)30(35)20-27)33(39)36-18-17-28(24-9-5-3-6-10-24)25-11-7-4-8-12-25/h3-16,19-21,28H,17-18H2,1-2H3,(H,36,39). The highest BCUT2D eigenvalue weighted by Crippen LogP contribution is 2.29. The van der Waals surface area contributed by atoms with Gasteiger partial charge in [-0.25, -0.2) is 4.68 Å². The number of rotatable bonds is 8. The van der Waals surface area contributed by atoms with Crippen molar-refractivity contribution < 1.29 is 4.79 Å². The molecule has 196 valence electrons. The SMILES string of the molecule is Cc1ccc(-c2cc(C(=O)NCCC(c3ccccc3)c3ccccc3)n(-c3ccc(Cl)c(Cl)c3)n2)cc1C. The molecular formula is C33H29Cl2N3O. The van der Waals surface area contributed by atoms with Gasteiger partial charge < -0.3 is 5.32 Å². The summed E-state index contributed by atoms with van der Waals surface area (Å²) in [6.07, 6.45) is 0.755. The number of halogens is 2. The summed E-state index contributed by atoms with van der Waals surface area (Å²) in [5, 5.41) is 8.78. The normalized spacial score (nSPS) is 11.1. The van der Waals surface area contributed by atoms with Crippen LogP contribution in [0.15, 0.2) is 103 Å². The maximum atomic E-state index is 13.6. The molecule has 0 aliphatic rings. The van der Waals surface area contributed by atoms with Crippen LogP contribution in [0.3, 0.4) is 0 Å². The summed E-state index contributed by atoms with van der Waals surface area (Å²) in [5.74, 6) is -0.0395. The van der Waals surface area contributed by atoms with E-state index >= 15 is 0 Å². The van der Waals surface area contributed by atoms with E-state index in [0.29, 0.717) is 33.7 Å². The maximum absolute atomic E-state index is 13.6. The Bertz CT molecular complexity index is 1560. The van der Waals surface area contributed by atoms with Crippen LogP contribution in [-0.2, 0) is 0 Å². The van der Waals surface area contributed by atoms with Gasteiger partial charge in [0.25, 0.3) is 5.91 Å². The topological polar surface area (TPSA) is 46.9 Å². The van der Waals surface area contributed by atoms with Crippen LogP contribution in [0.2, 0.25) is 10.0 Å². The number of nitrogens with zero attached hydrogens (tertiary/aromatic N) is 2. The van der Waals surface area contributed by atoms with E-state index in [4.69, 9.17) is 28.3 Å². The molecule has 1 aromatic heterocycles. The van der Waals surface area contributed by atoms with Gasteiger partial charge in [0.15, 0.2) is 0 Å². The first-order valence-corrected chi connectivity index (χ1v) is 13.7. The molecule has 1 amide bonds. The molecule has 0 bridgehead atoms. The van der Waals surface area contributed by atoms with Gasteiger partial charge in [-0.3, -0.25) is 4.79 Å². The number of carbonyl (C=O) groups excluding carboxylic acids is 1. The van der Waals surface area contributed by atoms with Crippen LogP contribution in [0.1, 0.15) is 45.1 Å². The van der Waals surface area contributed by atoms with Gasteiger partial charge in [-0.1, -0.05) is 96.0 Å². The third-order valence-electron chi connectivity index (χ3n) is 7.01. The zero-order chi connectivity index (χ0) is 27.4. The Kier molecular flexibility index (Phi) is 8.16. The molecule has 4 aromatic carbocycles. The fourth-order valence-electron chi connectivity index (χ4n) is 4.72. The number of hydrogen-bond acceptors (Lipinski definition) is 2. The molecule has 0 aliphatic heterocycles. The van der Waals surface area contributed by atoms with Crippen LogP contribution in [-0.4, -0.2) is 22.2 Å². The van der Waals surface area contributed by atoms with Crippen molar-refractivity contribution in [3.63, 3.8) is 0 Å². The number of aromatic nitrogens is 2. The van der Waals surface area contributed by atoms with Crippen LogP contribution in [0.5, 0.6) is 0 Å². The van der Waals surface area contributed by atoms with Gasteiger partial charge >= 0.3 is 0 Å². The van der Waals surface area contributed by atoms with Crippen molar-refractivity contribution in [1.29, 1.82) is 0 Å². The minimum absolute atomic E-state index is 0.166. The lowest BCUT2D eigenvalue weighted by molar-refractivity contribution is 0.0945. The summed E-state index contributed by atoms with van der Waals surface area (Å²) in [5.41, 5.74) is 7.54. The van der Waals surface area contributed by atoms with Crippen LogP contribution in [0.25, 0.3) is 16.9 Å². The number of benzene rings is 4. The van der Waals surface area contributed by atoms with E-state index in [1.165, 1.54) is 16.7 Å². The predicted molar refractivity (Wildman–Crippen MR) is 160 cm³/mol. The quantitative estimate of drug-likeness (QED) is 0.209. The van der Waals surface area contributed by atoms with Crippen LogP contribution < -0.4 is 5.32 Å². The molecule has 0 saturated heterocycles. The van der Waals surface area contributed by atoms with E-state index in [2.05, 4.69) is 55.6 Å². The fraction of sp³-hybridized carbons (Fsp3) is 0.152. The molecule has 4 nitrogen and oxygen atoms in total.